The Balaban J connectivity index is 1.94. The molecule has 0 heterocycles. The average molecular weight is 307 g/mol. The summed E-state index contributed by atoms with van der Waals surface area (Å²) < 4.78 is 0. The van der Waals surface area contributed by atoms with Crippen LogP contribution in [-0.2, 0) is 11.2 Å². The number of aliphatic carboxylic acids is 1. The van der Waals surface area contributed by atoms with E-state index in [4.69, 9.17) is 16.7 Å². The summed E-state index contributed by atoms with van der Waals surface area (Å²) in [5.41, 5.74) is 1.06. The first-order valence-corrected chi connectivity index (χ1v) is 7.56. The number of halogens is 1. The van der Waals surface area contributed by atoms with Crippen LogP contribution in [0, 0.1) is 0 Å². The van der Waals surface area contributed by atoms with Gasteiger partial charge in [-0.2, -0.15) is 0 Å². The first-order valence-electron chi connectivity index (χ1n) is 6.31. The van der Waals surface area contributed by atoms with Crippen LogP contribution in [0.2, 0.25) is 0 Å². The van der Waals surface area contributed by atoms with Crippen molar-refractivity contribution < 1.29 is 9.90 Å². The van der Waals surface area contributed by atoms with Gasteiger partial charge < -0.3 is 5.11 Å². The first-order chi connectivity index (χ1) is 9.63. The van der Waals surface area contributed by atoms with Gasteiger partial charge in [0.1, 0.15) is 0 Å². The van der Waals surface area contributed by atoms with E-state index < -0.39 is 5.97 Å². The average Bonchev–Trinajstić information content (AvgIpc) is 2.41. The molecule has 104 valence electrons. The summed E-state index contributed by atoms with van der Waals surface area (Å²) in [4.78, 5) is 12.9. The monoisotopic (exact) mass is 306 g/mol. The molecule has 2 aromatic carbocycles. The van der Waals surface area contributed by atoms with Crippen LogP contribution in [0.25, 0.3) is 0 Å². The highest BCUT2D eigenvalue weighted by molar-refractivity contribution is 7.99. The van der Waals surface area contributed by atoms with E-state index in [2.05, 4.69) is 12.1 Å². The molecular formula is C16H15ClO2S. The molecule has 0 aromatic heterocycles. The Labute approximate surface area is 127 Å². The molecule has 0 fully saturated rings. The molecule has 0 spiro atoms. The van der Waals surface area contributed by atoms with Crippen molar-refractivity contribution in [2.75, 3.05) is 0 Å². The van der Waals surface area contributed by atoms with Crippen molar-refractivity contribution >= 4 is 29.3 Å². The molecule has 0 bridgehead atoms. The molecule has 1 unspecified atom stereocenters. The number of hydrogen-bond acceptors (Lipinski definition) is 2. The number of carbonyl (C=O) groups is 1. The Hall–Kier alpha value is -1.45. The quantitative estimate of drug-likeness (QED) is 0.800. The molecule has 0 saturated heterocycles. The van der Waals surface area contributed by atoms with Gasteiger partial charge in [0.2, 0.25) is 0 Å². The molecular weight excluding hydrogens is 292 g/mol. The topological polar surface area (TPSA) is 37.3 Å². The van der Waals surface area contributed by atoms with Crippen LogP contribution in [0.3, 0.4) is 0 Å². The van der Waals surface area contributed by atoms with Gasteiger partial charge in [-0.05, 0) is 36.2 Å². The molecule has 2 nitrogen and oxygen atoms in total. The summed E-state index contributed by atoms with van der Waals surface area (Å²) in [6, 6.07) is 18.2. The fourth-order valence-electron chi connectivity index (χ4n) is 1.84. The van der Waals surface area contributed by atoms with Crippen LogP contribution in [-0.4, -0.2) is 16.5 Å². The van der Waals surface area contributed by atoms with E-state index in [0.717, 1.165) is 10.5 Å². The van der Waals surface area contributed by atoms with Gasteiger partial charge in [0.15, 0.2) is 0 Å². The number of alkyl halides is 1. The van der Waals surface area contributed by atoms with Crippen molar-refractivity contribution in [2.45, 2.75) is 28.0 Å². The maximum absolute atomic E-state index is 10.6. The number of hydrogen-bond donors (Lipinski definition) is 1. The standard InChI is InChI=1S/C16H15ClO2S/c17-13(11-16(18)19)10-12-6-8-15(9-7-12)20-14-4-2-1-3-5-14/h1-9,13H,10-11H2,(H,18,19). The lowest BCUT2D eigenvalue weighted by atomic mass is 10.1. The lowest BCUT2D eigenvalue weighted by Crippen LogP contribution is -2.09. The van der Waals surface area contributed by atoms with E-state index in [0.29, 0.717) is 6.42 Å². The molecule has 0 aliphatic rings. The second-order valence-corrected chi connectivity index (χ2v) is 6.22. The Morgan fingerprint density at radius 1 is 1.05 bits per heavy atom. The fourth-order valence-corrected chi connectivity index (χ4v) is 2.98. The molecule has 0 aliphatic heterocycles. The largest absolute Gasteiger partial charge is 0.481 e. The van der Waals surface area contributed by atoms with E-state index >= 15 is 0 Å². The van der Waals surface area contributed by atoms with Crippen LogP contribution in [0.1, 0.15) is 12.0 Å². The van der Waals surface area contributed by atoms with Crippen molar-refractivity contribution in [3.05, 3.63) is 60.2 Å². The third-order valence-corrected chi connectivity index (χ3v) is 4.08. The molecule has 1 atom stereocenters. The number of carboxylic acid groups (broad SMARTS) is 1. The predicted octanol–water partition coefficient (Wildman–Crippen LogP) is 4.46. The highest BCUT2D eigenvalue weighted by Gasteiger charge is 2.10. The Kier molecular flexibility index (Phi) is 5.50. The predicted molar refractivity (Wildman–Crippen MR) is 82.6 cm³/mol. The third kappa shape index (κ3) is 4.91. The summed E-state index contributed by atoms with van der Waals surface area (Å²) in [6.07, 6.45) is 0.562. The van der Waals surface area contributed by atoms with Crippen molar-refractivity contribution in [3.63, 3.8) is 0 Å². The number of rotatable bonds is 6. The van der Waals surface area contributed by atoms with Crippen LogP contribution >= 0.6 is 23.4 Å². The second-order valence-electron chi connectivity index (χ2n) is 4.46. The van der Waals surface area contributed by atoms with E-state index in [1.165, 1.54) is 4.90 Å². The zero-order valence-electron chi connectivity index (χ0n) is 10.8. The first kappa shape index (κ1) is 14.9. The van der Waals surface area contributed by atoms with Gasteiger partial charge in [0.25, 0.3) is 0 Å². The maximum Gasteiger partial charge on any atom is 0.304 e. The minimum Gasteiger partial charge on any atom is -0.481 e. The molecule has 0 radical (unpaired) electrons. The zero-order chi connectivity index (χ0) is 14.4. The highest BCUT2D eigenvalue weighted by Crippen LogP contribution is 2.27. The van der Waals surface area contributed by atoms with Gasteiger partial charge in [-0.25, -0.2) is 0 Å². The smallest absolute Gasteiger partial charge is 0.304 e. The number of carboxylic acids is 1. The fraction of sp³-hybridized carbons (Fsp3) is 0.188. The summed E-state index contributed by atoms with van der Waals surface area (Å²) in [7, 11) is 0. The molecule has 0 aliphatic carbocycles. The van der Waals surface area contributed by atoms with Gasteiger partial charge in [-0.1, -0.05) is 42.1 Å². The van der Waals surface area contributed by atoms with Crippen molar-refractivity contribution in [2.24, 2.45) is 0 Å². The zero-order valence-corrected chi connectivity index (χ0v) is 12.4. The van der Waals surface area contributed by atoms with Crippen molar-refractivity contribution in [1.82, 2.24) is 0 Å². The third-order valence-electron chi connectivity index (χ3n) is 2.76. The molecule has 1 N–H and O–H groups in total. The SMILES string of the molecule is O=C(O)CC(Cl)Cc1ccc(Sc2ccccc2)cc1. The minimum atomic E-state index is -0.860. The van der Waals surface area contributed by atoms with Crippen LogP contribution in [0.15, 0.2) is 64.4 Å². The Bertz CT molecular complexity index is 554. The van der Waals surface area contributed by atoms with E-state index in [1.807, 2.05) is 42.5 Å². The van der Waals surface area contributed by atoms with Gasteiger partial charge >= 0.3 is 5.97 Å². The van der Waals surface area contributed by atoms with Gasteiger partial charge in [-0.15, -0.1) is 11.6 Å². The Morgan fingerprint density at radius 2 is 1.65 bits per heavy atom. The van der Waals surface area contributed by atoms with E-state index in [-0.39, 0.29) is 11.8 Å². The molecule has 0 saturated carbocycles. The maximum atomic E-state index is 10.6. The molecule has 20 heavy (non-hydrogen) atoms. The Morgan fingerprint density at radius 3 is 2.25 bits per heavy atom. The van der Waals surface area contributed by atoms with Crippen LogP contribution < -0.4 is 0 Å². The van der Waals surface area contributed by atoms with Gasteiger partial charge in [0.05, 0.1) is 6.42 Å². The van der Waals surface area contributed by atoms with Gasteiger partial charge in [0, 0.05) is 15.2 Å². The normalized spacial score (nSPS) is 12.1. The molecule has 2 rings (SSSR count). The van der Waals surface area contributed by atoms with Crippen LogP contribution in [0.4, 0.5) is 0 Å². The molecule has 2 aromatic rings. The lowest BCUT2D eigenvalue weighted by molar-refractivity contribution is -0.137. The molecule has 0 amide bonds. The minimum absolute atomic E-state index is 0.0118. The van der Waals surface area contributed by atoms with E-state index in [1.54, 1.807) is 11.8 Å². The van der Waals surface area contributed by atoms with Crippen molar-refractivity contribution in [3.8, 4) is 0 Å². The summed E-state index contributed by atoms with van der Waals surface area (Å²) in [6.45, 7) is 0. The summed E-state index contributed by atoms with van der Waals surface area (Å²) >= 11 is 7.69. The highest BCUT2D eigenvalue weighted by atomic mass is 35.5. The van der Waals surface area contributed by atoms with E-state index in [9.17, 15) is 4.79 Å². The van der Waals surface area contributed by atoms with Gasteiger partial charge in [-0.3, -0.25) is 4.79 Å². The van der Waals surface area contributed by atoms with Crippen molar-refractivity contribution in [1.29, 1.82) is 0 Å². The lowest BCUT2D eigenvalue weighted by Gasteiger charge is -2.07. The summed E-state index contributed by atoms with van der Waals surface area (Å²) in [5.74, 6) is -0.860. The van der Waals surface area contributed by atoms with Crippen LogP contribution in [0.5, 0.6) is 0 Å². The summed E-state index contributed by atoms with van der Waals surface area (Å²) in [5, 5.41) is 8.32. The molecule has 4 heteroatoms. The number of benzene rings is 2. The second kappa shape index (κ2) is 7.36.